The van der Waals surface area contributed by atoms with Gasteiger partial charge in [-0.05, 0) is 38.0 Å². The number of aromatic amines is 1. The summed E-state index contributed by atoms with van der Waals surface area (Å²) in [6.07, 6.45) is 4.42. The highest BCUT2D eigenvalue weighted by Gasteiger charge is 2.27. The molecule has 1 N–H and O–H groups in total. The van der Waals surface area contributed by atoms with E-state index in [1.54, 1.807) is 0 Å². The van der Waals surface area contributed by atoms with Gasteiger partial charge < -0.3 is 4.98 Å². The highest BCUT2D eigenvalue weighted by atomic mass is 35.5. The molecule has 0 atom stereocenters. The number of hydrogen-bond acceptors (Lipinski definition) is 1. The molecule has 0 saturated heterocycles. The predicted molar refractivity (Wildman–Crippen MR) is 74.3 cm³/mol. The zero-order chi connectivity index (χ0) is 12.7. The van der Waals surface area contributed by atoms with Crippen molar-refractivity contribution >= 4 is 28.3 Å². The van der Waals surface area contributed by atoms with Crippen LogP contribution in [0.3, 0.4) is 0 Å². The smallest absolute Gasteiger partial charge is 0.168 e. The Kier molecular flexibility index (Phi) is 2.90. The SMILES string of the molecule is Cc1[nH]c2ccc(Cl)cc2c1C(=O)C1CCCC1. The van der Waals surface area contributed by atoms with E-state index in [1.807, 2.05) is 25.1 Å². The molecule has 0 aliphatic heterocycles. The number of ketones is 1. The molecule has 94 valence electrons. The molecule has 18 heavy (non-hydrogen) atoms. The molecule has 1 fully saturated rings. The fourth-order valence-electron chi connectivity index (χ4n) is 3.01. The molecule has 0 spiro atoms. The summed E-state index contributed by atoms with van der Waals surface area (Å²) in [5.74, 6) is 0.500. The first-order valence-corrected chi connectivity index (χ1v) is 6.86. The molecule has 3 rings (SSSR count). The lowest BCUT2D eigenvalue weighted by Gasteiger charge is -2.08. The minimum absolute atomic E-state index is 0.210. The molecule has 2 nitrogen and oxygen atoms in total. The third-order valence-electron chi connectivity index (χ3n) is 3.92. The third kappa shape index (κ3) is 1.85. The van der Waals surface area contributed by atoms with Crippen molar-refractivity contribution < 1.29 is 4.79 Å². The lowest BCUT2D eigenvalue weighted by atomic mass is 9.94. The molecule has 1 saturated carbocycles. The number of nitrogens with one attached hydrogen (secondary N) is 1. The van der Waals surface area contributed by atoms with Gasteiger partial charge in [0.15, 0.2) is 5.78 Å². The molecule has 3 heteroatoms. The summed E-state index contributed by atoms with van der Waals surface area (Å²) >= 11 is 6.04. The molecule has 1 heterocycles. The third-order valence-corrected chi connectivity index (χ3v) is 4.16. The topological polar surface area (TPSA) is 32.9 Å². The van der Waals surface area contributed by atoms with Crippen LogP contribution in [0.2, 0.25) is 5.02 Å². The summed E-state index contributed by atoms with van der Waals surface area (Å²) < 4.78 is 0. The molecular weight excluding hydrogens is 246 g/mol. The van der Waals surface area contributed by atoms with Gasteiger partial charge in [-0.15, -0.1) is 0 Å². The van der Waals surface area contributed by atoms with Gasteiger partial charge in [-0.2, -0.15) is 0 Å². The molecular formula is C15H16ClNO. The van der Waals surface area contributed by atoms with Crippen molar-refractivity contribution in [1.29, 1.82) is 0 Å². The van der Waals surface area contributed by atoms with Crippen molar-refractivity contribution in [2.75, 3.05) is 0 Å². The average Bonchev–Trinajstić information content (AvgIpc) is 2.94. The van der Waals surface area contributed by atoms with Crippen molar-refractivity contribution in [1.82, 2.24) is 4.98 Å². The standard InChI is InChI=1S/C15H16ClNO/c1-9-14(15(18)10-4-2-3-5-10)12-8-11(16)6-7-13(12)17-9/h6-8,10,17H,2-5H2,1H3. The Morgan fingerprint density at radius 2 is 2.06 bits per heavy atom. The Morgan fingerprint density at radius 3 is 2.78 bits per heavy atom. The Hall–Kier alpha value is -1.28. The highest BCUT2D eigenvalue weighted by Crippen LogP contribution is 2.33. The normalized spacial score (nSPS) is 16.6. The molecule has 0 amide bonds. The molecule has 0 bridgehead atoms. The summed E-state index contributed by atoms with van der Waals surface area (Å²) in [5, 5.41) is 1.65. The van der Waals surface area contributed by atoms with Crippen LogP contribution in [0, 0.1) is 12.8 Å². The van der Waals surface area contributed by atoms with Crippen LogP contribution in [0.25, 0.3) is 10.9 Å². The van der Waals surface area contributed by atoms with Crippen LogP contribution in [-0.2, 0) is 0 Å². The maximum absolute atomic E-state index is 12.6. The van der Waals surface area contributed by atoms with E-state index in [1.165, 1.54) is 12.8 Å². The molecule has 1 aromatic carbocycles. The molecule has 0 unspecified atom stereocenters. The summed E-state index contributed by atoms with van der Waals surface area (Å²) in [4.78, 5) is 15.9. The number of carbonyl (C=O) groups excluding carboxylic acids is 1. The van der Waals surface area contributed by atoms with Gasteiger partial charge in [0.05, 0.1) is 0 Å². The number of fused-ring (bicyclic) bond motifs is 1. The van der Waals surface area contributed by atoms with Crippen LogP contribution in [0.5, 0.6) is 0 Å². The van der Waals surface area contributed by atoms with Gasteiger partial charge in [0, 0.05) is 33.1 Å². The first-order chi connectivity index (χ1) is 8.66. The maximum atomic E-state index is 12.6. The monoisotopic (exact) mass is 261 g/mol. The van der Waals surface area contributed by atoms with Crippen LogP contribution in [-0.4, -0.2) is 10.8 Å². The van der Waals surface area contributed by atoms with E-state index in [-0.39, 0.29) is 5.92 Å². The van der Waals surface area contributed by atoms with Crippen LogP contribution < -0.4 is 0 Å². The van der Waals surface area contributed by atoms with Crippen molar-refractivity contribution in [2.45, 2.75) is 32.6 Å². The zero-order valence-electron chi connectivity index (χ0n) is 10.4. The number of benzene rings is 1. The number of rotatable bonds is 2. The predicted octanol–water partition coefficient (Wildman–Crippen LogP) is 4.50. The van der Waals surface area contributed by atoms with Crippen LogP contribution in [0.1, 0.15) is 41.7 Å². The summed E-state index contributed by atoms with van der Waals surface area (Å²) in [7, 11) is 0. The van der Waals surface area contributed by atoms with Crippen LogP contribution in [0.15, 0.2) is 18.2 Å². The molecule has 1 aromatic heterocycles. The Labute approximate surface area is 111 Å². The molecule has 0 radical (unpaired) electrons. The van der Waals surface area contributed by atoms with Gasteiger partial charge in [0.1, 0.15) is 0 Å². The number of halogens is 1. The Bertz CT molecular complexity index is 608. The molecule has 2 aromatic rings. The Balaban J connectivity index is 2.12. The second-order valence-corrected chi connectivity index (χ2v) is 5.60. The largest absolute Gasteiger partial charge is 0.358 e. The van der Waals surface area contributed by atoms with Crippen molar-refractivity contribution in [3.8, 4) is 0 Å². The van der Waals surface area contributed by atoms with E-state index >= 15 is 0 Å². The number of aryl methyl sites for hydroxylation is 1. The second kappa shape index (κ2) is 4.43. The molecule has 1 aliphatic rings. The second-order valence-electron chi connectivity index (χ2n) is 5.16. The van der Waals surface area contributed by atoms with Gasteiger partial charge in [-0.1, -0.05) is 24.4 Å². The van der Waals surface area contributed by atoms with Crippen molar-refractivity contribution in [3.63, 3.8) is 0 Å². The van der Waals surface area contributed by atoms with E-state index in [2.05, 4.69) is 4.98 Å². The quantitative estimate of drug-likeness (QED) is 0.793. The molecule has 1 aliphatic carbocycles. The zero-order valence-corrected chi connectivity index (χ0v) is 11.2. The minimum Gasteiger partial charge on any atom is -0.358 e. The van der Waals surface area contributed by atoms with Crippen LogP contribution in [0.4, 0.5) is 0 Å². The van der Waals surface area contributed by atoms with E-state index in [0.717, 1.165) is 35.0 Å². The number of Topliss-reactive ketones (excluding diaryl/α,β-unsaturated/α-hetero) is 1. The van der Waals surface area contributed by atoms with Gasteiger partial charge in [-0.25, -0.2) is 0 Å². The minimum atomic E-state index is 0.210. The Morgan fingerprint density at radius 1 is 1.33 bits per heavy atom. The van der Waals surface area contributed by atoms with E-state index in [0.29, 0.717) is 10.8 Å². The maximum Gasteiger partial charge on any atom is 0.168 e. The first kappa shape index (κ1) is 11.8. The fraction of sp³-hybridized carbons (Fsp3) is 0.400. The first-order valence-electron chi connectivity index (χ1n) is 6.49. The lowest BCUT2D eigenvalue weighted by molar-refractivity contribution is 0.0924. The summed E-state index contributed by atoms with van der Waals surface area (Å²) in [6.45, 7) is 1.97. The van der Waals surface area contributed by atoms with E-state index in [4.69, 9.17) is 11.6 Å². The number of carbonyl (C=O) groups is 1. The lowest BCUT2D eigenvalue weighted by Crippen LogP contribution is -2.11. The number of aromatic nitrogens is 1. The van der Waals surface area contributed by atoms with Crippen LogP contribution >= 0.6 is 11.6 Å². The van der Waals surface area contributed by atoms with Crippen molar-refractivity contribution in [2.24, 2.45) is 5.92 Å². The van der Waals surface area contributed by atoms with Gasteiger partial charge in [-0.3, -0.25) is 4.79 Å². The fourth-order valence-corrected chi connectivity index (χ4v) is 3.18. The van der Waals surface area contributed by atoms with Gasteiger partial charge in [0.2, 0.25) is 0 Å². The highest BCUT2D eigenvalue weighted by molar-refractivity contribution is 6.31. The van der Waals surface area contributed by atoms with Gasteiger partial charge >= 0.3 is 0 Å². The van der Waals surface area contributed by atoms with E-state index < -0.39 is 0 Å². The van der Waals surface area contributed by atoms with Crippen molar-refractivity contribution in [3.05, 3.63) is 34.5 Å². The summed E-state index contributed by atoms with van der Waals surface area (Å²) in [5.41, 5.74) is 2.81. The number of hydrogen-bond donors (Lipinski definition) is 1. The number of H-pyrrole nitrogens is 1. The van der Waals surface area contributed by atoms with Gasteiger partial charge in [0.25, 0.3) is 0 Å². The summed E-state index contributed by atoms with van der Waals surface area (Å²) in [6, 6.07) is 5.68. The van der Waals surface area contributed by atoms with E-state index in [9.17, 15) is 4.79 Å². The average molecular weight is 262 g/mol.